The molecule has 6 nitrogen and oxygen atoms in total. The number of aromatic amines is 1. The van der Waals surface area contributed by atoms with Crippen molar-refractivity contribution in [2.24, 2.45) is 0 Å². The van der Waals surface area contributed by atoms with Crippen LogP contribution >= 0.6 is 11.6 Å². The quantitative estimate of drug-likeness (QED) is 0.773. The Kier molecular flexibility index (Phi) is 6.36. The van der Waals surface area contributed by atoms with Crippen LogP contribution in [0.2, 0.25) is 5.02 Å². The van der Waals surface area contributed by atoms with Crippen LogP contribution in [0.25, 0.3) is 0 Å². The number of ether oxygens (including phenoxy) is 1. The molecule has 0 aliphatic rings. The molecule has 1 amide bonds. The number of carbonyl (C=O) groups is 2. The topological polar surface area (TPSA) is 88.3 Å². The fourth-order valence-corrected chi connectivity index (χ4v) is 2.53. The van der Waals surface area contributed by atoms with Crippen molar-refractivity contribution in [1.82, 2.24) is 10.3 Å². The lowest BCUT2D eigenvalue weighted by Gasteiger charge is -2.20. The molecule has 1 aromatic carbocycles. The van der Waals surface area contributed by atoms with Crippen LogP contribution in [0, 0.1) is 0 Å². The van der Waals surface area contributed by atoms with E-state index in [2.05, 4.69) is 10.3 Å². The first-order valence-corrected chi connectivity index (χ1v) is 8.18. The Morgan fingerprint density at radius 2 is 1.92 bits per heavy atom. The van der Waals surface area contributed by atoms with Crippen molar-refractivity contribution in [2.45, 2.75) is 32.4 Å². The fourth-order valence-electron chi connectivity index (χ4n) is 2.27. The van der Waals surface area contributed by atoms with Crippen molar-refractivity contribution in [3.63, 3.8) is 0 Å². The molecule has 132 valence electrons. The lowest BCUT2D eigenvalue weighted by Crippen LogP contribution is -2.31. The first-order valence-electron chi connectivity index (χ1n) is 7.80. The van der Waals surface area contributed by atoms with Gasteiger partial charge in [0.15, 0.2) is 0 Å². The Morgan fingerprint density at radius 3 is 2.52 bits per heavy atom. The smallest absolute Gasteiger partial charge is 0.308 e. The molecule has 2 aromatic rings. The van der Waals surface area contributed by atoms with E-state index < -0.39 is 17.9 Å². The lowest BCUT2D eigenvalue weighted by atomic mass is 10.0. The third-order valence-corrected chi connectivity index (χ3v) is 3.71. The third kappa shape index (κ3) is 5.46. The summed E-state index contributed by atoms with van der Waals surface area (Å²) in [6.45, 7) is 3.50. The number of aromatic nitrogens is 1. The molecule has 0 fully saturated rings. The van der Waals surface area contributed by atoms with Crippen LogP contribution in [0.5, 0.6) is 0 Å². The van der Waals surface area contributed by atoms with Gasteiger partial charge in [-0.2, -0.15) is 0 Å². The van der Waals surface area contributed by atoms with Crippen LogP contribution in [-0.4, -0.2) is 23.0 Å². The maximum Gasteiger partial charge on any atom is 0.308 e. The van der Waals surface area contributed by atoms with Crippen LogP contribution in [0.3, 0.4) is 0 Å². The average Bonchev–Trinajstić information content (AvgIpc) is 2.54. The molecule has 0 radical (unpaired) electrons. The van der Waals surface area contributed by atoms with Crippen molar-refractivity contribution in [1.29, 1.82) is 0 Å². The molecule has 25 heavy (non-hydrogen) atoms. The fraction of sp³-hybridized carbons (Fsp3) is 0.278. The number of H-pyrrole nitrogens is 1. The molecule has 1 heterocycles. The van der Waals surface area contributed by atoms with E-state index in [1.165, 1.54) is 18.3 Å². The summed E-state index contributed by atoms with van der Waals surface area (Å²) in [5, 5.41) is 3.20. The number of carbonyl (C=O) groups excluding carboxylic acids is 2. The van der Waals surface area contributed by atoms with E-state index in [1.807, 2.05) is 0 Å². The molecule has 0 aliphatic carbocycles. The molecule has 0 saturated heterocycles. The van der Waals surface area contributed by atoms with E-state index in [-0.39, 0.29) is 23.6 Å². The number of rotatable bonds is 6. The van der Waals surface area contributed by atoms with Gasteiger partial charge in [0.05, 0.1) is 24.1 Å². The summed E-state index contributed by atoms with van der Waals surface area (Å²) in [5.41, 5.74) is 0.580. The maximum absolute atomic E-state index is 12.4. The Hall–Kier alpha value is -2.60. The van der Waals surface area contributed by atoms with Gasteiger partial charge in [-0.05, 0) is 31.5 Å². The standard InChI is InChI=1S/C18H19ClN2O4/c1-11(2)25-17(23)9-15(13-5-3-4-6-14(13)19)21-18(24)12-7-8-16(22)20-10-12/h3-8,10-11,15H,9H2,1-2H3,(H,20,22)(H,21,24)/t15-/m0/s1. The van der Waals surface area contributed by atoms with Crippen molar-refractivity contribution in [2.75, 3.05) is 0 Å². The Morgan fingerprint density at radius 1 is 1.20 bits per heavy atom. The van der Waals surface area contributed by atoms with Gasteiger partial charge >= 0.3 is 5.97 Å². The van der Waals surface area contributed by atoms with Crippen molar-refractivity contribution >= 4 is 23.5 Å². The number of esters is 1. The third-order valence-electron chi connectivity index (χ3n) is 3.37. The monoisotopic (exact) mass is 362 g/mol. The number of hydrogen-bond acceptors (Lipinski definition) is 4. The van der Waals surface area contributed by atoms with E-state index in [4.69, 9.17) is 16.3 Å². The zero-order chi connectivity index (χ0) is 18.4. The highest BCUT2D eigenvalue weighted by Crippen LogP contribution is 2.26. The SMILES string of the molecule is CC(C)OC(=O)C[C@H](NC(=O)c1ccc(=O)[nH]c1)c1ccccc1Cl. The molecular formula is C18H19ClN2O4. The maximum atomic E-state index is 12.4. The minimum absolute atomic E-state index is 0.0585. The lowest BCUT2D eigenvalue weighted by molar-refractivity contribution is -0.147. The first-order chi connectivity index (χ1) is 11.9. The van der Waals surface area contributed by atoms with Crippen molar-refractivity contribution < 1.29 is 14.3 Å². The Bertz CT molecular complexity index is 796. The summed E-state index contributed by atoms with van der Waals surface area (Å²) in [6, 6.07) is 8.97. The van der Waals surface area contributed by atoms with Crippen LogP contribution < -0.4 is 10.9 Å². The largest absolute Gasteiger partial charge is 0.463 e. The molecular weight excluding hydrogens is 344 g/mol. The number of halogens is 1. The molecule has 0 saturated carbocycles. The minimum Gasteiger partial charge on any atom is -0.463 e. The zero-order valence-corrected chi connectivity index (χ0v) is 14.7. The molecule has 1 atom stereocenters. The highest BCUT2D eigenvalue weighted by Gasteiger charge is 2.22. The van der Waals surface area contributed by atoms with Gasteiger partial charge in [-0.3, -0.25) is 14.4 Å². The van der Waals surface area contributed by atoms with E-state index >= 15 is 0 Å². The Balaban J connectivity index is 2.23. The van der Waals surface area contributed by atoms with Crippen LogP contribution in [0.1, 0.15) is 42.2 Å². The molecule has 7 heteroatoms. The first kappa shape index (κ1) is 18.7. The van der Waals surface area contributed by atoms with Gasteiger partial charge < -0.3 is 15.0 Å². The average molecular weight is 363 g/mol. The summed E-state index contributed by atoms with van der Waals surface area (Å²) < 4.78 is 5.16. The van der Waals surface area contributed by atoms with Gasteiger partial charge in [0.25, 0.3) is 5.91 Å². The number of pyridine rings is 1. The summed E-state index contributed by atoms with van der Waals surface area (Å²) in [4.78, 5) is 38.0. The number of nitrogens with one attached hydrogen (secondary N) is 2. The highest BCUT2D eigenvalue weighted by molar-refractivity contribution is 6.31. The number of benzene rings is 1. The predicted octanol–water partition coefficient (Wildman–Crippen LogP) is 2.84. The van der Waals surface area contributed by atoms with Gasteiger partial charge in [-0.15, -0.1) is 0 Å². The minimum atomic E-state index is -0.653. The van der Waals surface area contributed by atoms with E-state index in [1.54, 1.807) is 38.1 Å². The van der Waals surface area contributed by atoms with E-state index in [9.17, 15) is 14.4 Å². The van der Waals surface area contributed by atoms with Crippen LogP contribution in [0.4, 0.5) is 0 Å². The van der Waals surface area contributed by atoms with Gasteiger partial charge in [0.2, 0.25) is 5.56 Å². The number of amides is 1. The second kappa shape index (κ2) is 8.48. The highest BCUT2D eigenvalue weighted by atomic mass is 35.5. The molecule has 0 spiro atoms. The van der Waals surface area contributed by atoms with E-state index in [0.29, 0.717) is 10.6 Å². The summed E-state index contributed by atoms with van der Waals surface area (Å²) in [5.74, 6) is -0.875. The summed E-state index contributed by atoms with van der Waals surface area (Å²) in [7, 11) is 0. The predicted molar refractivity (Wildman–Crippen MR) is 94.6 cm³/mol. The second-order valence-corrected chi connectivity index (χ2v) is 6.14. The van der Waals surface area contributed by atoms with Crippen LogP contribution in [-0.2, 0) is 9.53 Å². The molecule has 0 unspecified atom stereocenters. The summed E-state index contributed by atoms with van der Waals surface area (Å²) in [6.07, 6.45) is 0.999. The van der Waals surface area contributed by atoms with Gasteiger partial charge in [0.1, 0.15) is 0 Å². The second-order valence-electron chi connectivity index (χ2n) is 5.73. The van der Waals surface area contributed by atoms with Gasteiger partial charge in [0, 0.05) is 17.3 Å². The van der Waals surface area contributed by atoms with Crippen molar-refractivity contribution in [3.05, 3.63) is 69.1 Å². The molecule has 2 N–H and O–H groups in total. The van der Waals surface area contributed by atoms with Crippen molar-refractivity contribution in [3.8, 4) is 0 Å². The van der Waals surface area contributed by atoms with E-state index in [0.717, 1.165) is 0 Å². The molecule has 0 aliphatic heterocycles. The normalized spacial score (nSPS) is 11.8. The van der Waals surface area contributed by atoms with Gasteiger partial charge in [-0.25, -0.2) is 0 Å². The zero-order valence-electron chi connectivity index (χ0n) is 13.9. The molecule has 0 bridgehead atoms. The van der Waals surface area contributed by atoms with Gasteiger partial charge in [-0.1, -0.05) is 29.8 Å². The van der Waals surface area contributed by atoms with Crippen LogP contribution in [0.15, 0.2) is 47.4 Å². The molecule has 2 rings (SSSR count). The Labute approximate surface area is 150 Å². The summed E-state index contributed by atoms with van der Waals surface area (Å²) >= 11 is 6.21. The molecule has 1 aromatic heterocycles. The number of hydrogen-bond donors (Lipinski definition) is 2.